The van der Waals surface area contributed by atoms with Gasteiger partial charge in [0.1, 0.15) is 39.3 Å². The Bertz CT molecular complexity index is 560. The summed E-state index contributed by atoms with van der Waals surface area (Å²) in [6, 6.07) is 13.1. The first kappa shape index (κ1) is 14.2. The maximum Gasteiger partial charge on any atom is 0.127 e. The van der Waals surface area contributed by atoms with E-state index in [9.17, 15) is 0 Å². The topological polar surface area (TPSA) is 21.8 Å². The predicted molar refractivity (Wildman–Crippen MR) is 84.2 cm³/mol. The summed E-state index contributed by atoms with van der Waals surface area (Å²) in [7, 11) is 0. The molecule has 3 rings (SSSR count). The van der Waals surface area contributed by atoms with Gasteiger partial charge in [-0.2, -0.15) is 0 Å². The predicted octanol–water partition coefficient (Wildman–Crippen LogP) is -0.126. The lowest BCUT2D eigenvalue weighted by Gasteiger charge is -2.30. The molecule has 1 aliphatic heterocycles. The molecule has 2 aromatic rings. The smallest absolute Gasteiger partial charge is 0.127 e. The summed E-state index contributed by atoms with van der Waals surface area (Å²) in [5.41, 5.74) is 4.34. The van der Waals surface area contributed by atoms with E-state index < -0.39 is 0 Å². The molecule has 110 valence electrons. The second-order valence-corrected chi connectivity index (χ2v) is 6.14. The fraction of sp³-hybridized carbons (Fsp3) is 0.389. The zero-order valence-corrected chi connectivity index (χ0v) is 12.8. The van der Waals surface area contributed by atoms with Crippen molar-refractivity contribution >= 4 is 0 Å². The maximum absolute atomic E-state index is 4.09. The van der Waals surface area contributed by atoms with Crippen LogP contribution in [-0.4, -0.2) is 31.2 Å². The Kier molecular flexibility index (Phi) is 4.63. The van der Waals surface area contributed by atoms with Crippen molar-refractivity contribution in [3.8, 4) is 0 Å². The Morgan fingerprint density at radius 2 is 1.48 bits per heavy atom. The Labute approximate surface area is 127 Å². The van der Waals surface area contributed by atoms with Gasteiger partial charge in [-0.25, -0.2) is 0 Å². The van der Waals surface area contributed by atoms with Crippen LogP contribution in [0.15, 0.2) is 48.8 Å². The highest BCUT2D eigenvalue weighted by molar-refractivity contribution is 5.24. The molecular weight excluding hydrogens is 258 g/mol. The molecule has 2 N–H and O–H groups in total. The van der Waals surface area contributed by atoms with Crippen molar-refractivity contribution < 1.29 is 9.80 Å². The fourth-order valence-corrected chi connectivity index (χ4v) is 3.18. The molecule has 0 unspecified atom stereocenters. The van der Waals surface area contributed by atoms with Crippen molar-refractivity contribution in [2.75, 3.05) is 26.2 Å². The minimum absolute atomic E-state index is 1.14. The number of pyridine rings is 1. The Balaban J connectivity index is 1.50. The summed E-state index contributed by atoms with van der Waals surface area (Å²) in [6.45, 7) is 9.62. The molecule has 3 nitrogen and oxygen atoms in total. The van der Waals surface area contributed by atoms with Gasteiger partial charge in [0.05, 0.1) is 0 Å². The lowest BCUT2D eigenvalue weighted by atomic mass is 10.1. The minimum atomic E-state index is 1.14. The summed E-state index contributed by atoms with van der Waals surface area (Å²) in [5.74, 6) is 0. The van der Waals surface area contributed by atoms with Gasteiger partial charge >= 0.3 is 0 Å². The van der Waals surface area contributed by atoms with Crippen LogP contribution < -0.4 is 9.80 Å². The summed E-state index contributed by atoms with van der Waals surface area (Å²) in [4.78, 5) is 7.52. The Morgan fingerprint density at radius 1 is 0.857 bits per heavy atom. The zero-order chi connectivity index (χ0) is 14.5. The molecule has 0 saturated carbocycles. The van der Waals surface area contributed by atoms with E-state index in [-0.39, 0.29) is 0 Å². The minimum Gasteiger partial charge on any atom is -0.322 e. The fourth-order valence-electron chi connectivity index (χ4n) is 3.18. The number of nitrogens with one attached hydrogen (secondary N) is 2. The summed E-state index contributed by atoms with van der Waals surface area (Å²) < 4.78 is 0. The largest absolute Gasteiger partial charge is 0.322 e. The van der Waals surface area contributed by atoms with Gasteiger partial charge in [0.25, 0.3) is 0 Å². The monoisotopic (exact) mass is 283 g/mol. The maximum atomic E-state index is 4.09. The first-order valence-electron chi connectivity index (χ1n) is 7.92. The molecule has 0 atom stereocenters. The highest BCUT2D eigenvalue weighted by atomic mass is 15.3. The first-order chi connectivity index (χ1) is 10.3. The van der Waals surface area contributed by atoms with E-state index in [1.165, 1.54) is 49.4 Å². The van der Waals surface area contributed by atoms with Crippen LogP contribution in [-0.2, 0) is 13.1 Å². The molecule has 1 aromatic heterocycles. The van der Waals surface area contributed by atoms with E-state index in [1.54, 1.807) is 9.80 Å². The third-order valence-corrected chi connectivity index (χ3v) is 4.57. The molecule has 1 aromatic carbocycles. The molecule has 3 heteroatoms. The van der Waals surface area contributed by atoms with Crippen molar-refractivity contribution in [2.24, 2.45) is 0 Å². The number of hydrogen-bond donors (Lipinski definition) is 2. The van der Waals surface area contributed by atoms with Crippen LogP contribution in [0.25, 0.3) is 0 Å². The van der Waals surface area contributed by atoms with Crippen LogP contribution in [0.2, 0.25) is 0 Å². The second kappa shape index (κ2) is 6.83. The number of benzene rings is 1. The van der Waals surface area contributed by atoms with E-state index in [1.807, 2.05) is 12.4 Å². The number of hydrogen-bond acceptors (Lipinski definition) is 1. The summed E-state index contributed by atoms with van der Waals surface area (Å²) >= 11 is 0. The van der Waals surface area contributed by atoms with Gasteiger partial charge in [-0.1, -0.05) is 24.3 Å². The number of aromatic nitrogens is 1. The molecule has 0 bridgehead atoms. The van der Waals surface area contributed by atoms with E-state index in [0.29, 0.717) is 0 Å². The van der Waals surface area contributed by atoms with Gasteiger partial charge in [-0.05, 0) is 24.6 Å². The lowest BCUT2D eigenvalue weighted by molar-refractivity contribution is -1.02. The second-order valence-electron chi connectivity index (χ2n) is 6.14. The van der Waals surface area contributed by atoms with Gasteiger partial charge in [0.15, 0.2) is 0 Å². The van der Waals surface area contributed by atoms with E-state index in [2.05, 4.69) is 48.3 Å². The lowest BCUT2D eigenvalue weighted by Crippen LogP contribution is -3.27. The van der Waals surface area contributed by atoms with Crippen LogP contribution in [0.5, 0.6) is 0 Å². The normalized spacial score (nSPS) is 22.1. The van der Waals surface area contributed by atoms with Crippen molar-refractivity contribution in [3.63, 3.8) is 0 Å². The average Bonchev–Trinajstić information content (AvgIpc) is 2.52. The number of nitrogens with zero attached hydrogens (tertiary/aromatic N) is 1. The van der Waals surface area contributed by atoms with E-state index >= 15 is 0 Å². The van der Waals surface area contributed by atoms with Gasteiger partial charge in [0, 0.05) is 23.5 Å². The molecule has 0 spiro atoms. The number of aryl methyl sites for hydroxylation is 1. The van der Waals surface area contributed by atoms with Crippen LogP contribution in [0, 0.1) is 6.92 Å². The quantitative estimate of drug-likeness (QED) is 0.802. The highest BCUT2D eigenvalue weighted by Gasteiger charge is 2.23. The molecule has 21 heavy (non-hydrogen) atoms. The van der Waals surface area contributed by atoms with Crippen molar-refractivity contribution in [3.05, 3.63) is 65.5 Å². The number of quaternary nitrogens is 2. The summed E-state index contributed by atoms with van der Waals surface area (Å²) in [5, 5.41) is 0. The SMILES string of the molecule is Cc1ccccc1C[NH+]1CC[NH+](Cc2ccncc2)CC1. The molecule has 2 heterocycles. The van der Waals surface area contributed by atoms with E-state index in [4.69, 9.17) is 0 Å². The standard InChI is InChI=1S/C18H23N3/c1-16-4-2-3-5-18(16)15-21-12-10-20(11-13-21)14-17-6-8-19-9-7-17/h2-9H,10-15H2,1H3/p+2. The highest BCUT2D eigenvalue weighted by Crippen LogP contribution is 2.04. The summed E-state index contributed by atoms with van der Waals surface area (Å²) in [6.07, 6.45) is 3.79. The molecular formula is C18H25N3+2. The van der Waals surface area contributed by atoms with Crippen molar-refractivity contribution in [1.29, 1.82) is 0 Å². The third kappa shape index (κ3) is 3.90. The van der Waals surface area contributed by atoms with Gasteiger partial charge in [0.2, 0.25) is 0 Å². The van der Waals surface area contributed by atoms with Crippen LogP contribution in [0.4, 0.5) is 0 Å². The van der Waals surface area contributed by atoms with E-state index in [0.717, 1.165) is 6.54 Å². The molecule has 0 aliphatic carbocycles. The first-order valence-corrected chi connectivity index (χ1v) is 7.92. The zero-order valence-electron chi connectivity index (χ0n) is 12.8. The molecule has 1 saturated heterocycles. The average molecular weight is 283 g/mol. The molecule has 1 aliphatic rings. The Morgan fingerprint density at radius 3 is 2.14 bits per heavy atom. The molecule has 1 fully saturated rings. The van der Waals surface area contributed by atoms with Gasteiger partial charge in [-0.3, -0.25) is 4.98 Å². The van der Waals surface area contributed by atoms with Crippen LogP contribution >= 0.6 is 0 Å². The third-order valence-electron chi connectivity index (χ3n) is 4.57. The molecule has 0 radical (unpaired) electrons. The Hall–Kier alpha value is -1.71. The number of piperazine rings is 1. The number of rotatable bonds is 4. The van der Waals surface area contributed by atoms with Gasteiger partial charge in [-0.15, -0.1) is 0 Å². The van der Waals surface area contributed by atoms with Crippen molar-refractivity contribution in [2.45, 2.75) is 20.0 Å². The molecule has 0 amide bonds. The van der Waals surface area contributed by atoms with Crippen LogP contribution in [0.3, 0.4) is 0 Å². The van der Waals surface area contributed by atoms with Crippen molar-refractivity contribution in [1.82, 2.24) is 4.98 Å². The van der Waals surface area contributed by atoms with Gasteiger partial charge < -0.3 is 9.80 Å². The van der Waals surface area contributed by atoms with Crippen LogP contribution in [0.1, 0.15) is 16.7 Å².